The summed E-state index contributed by atoms with van der Waals surface area (Å²) in [5.41, 5.74) is 0.996. The number of nitrogens with zero attached hydrogens (tertiary/aromatic N) is 3. The average molecular weight is 658 g/mol. The summed E-state index contributed by atoms with van der Waals surface area (Å²) < 4.78 is 17.6. The number of rotatable bonds is 13. The lowest BCUT2D eigenvalue weighted by Gasteiger charge is -2.26. The van der Waals surface area contributed by atoms with Crippen molar-refractivity contribution < 1.29 is 33.4 Å². The number of esters is 2. The maximum absolute atomic E-state index is 13.5. The molecule has 242 valence electrons. The van der Waals surface area contributed by atoms with Gasteiger partial charge in [0, 0.05) is 11.6 Å². The highest BCUT2D eigenvalue weighted by molar-refractivity contribution is 8.00. The predicted octanol–water partition coefficient (Wildman–Crippen LogP) is 5.56. The molecule has 2 N–H and O–H groups in total. The van der Waals surface area contributed by atoms with Crippen molar-refractivity contribution in [3.05, 3.63) is 51.7 Å². The number of thioether (sulfide) groups is 1. The molecule has 1 atom stereocenters. The first-order valence-corrected chi connectivity index (χ1v) is 16.7. The number of carbonyl (C=O) groups is 4. The number of anilines is 1. The molecule has 0 aliphatic heterocycles. The maximum Gasteiger partial charge on any atom is 0.348 e. The first kappa shape index (κ1) is 34.0. The van der Waals surface area contributed by atoms with E-state index in [1.165, 1.54) is 11.8 Å². The molecule has 12 nitrogen and oxygen atoms in total. The molecule has 0 saturated heterocycles. The summed E-state index contributed by atoms with van der Waals surface area (Å²) in [4.78, 5) is 51.9. The topological polar surface area (TPSA) is 151 Å². The zero-order valence-electron chi connectivity index (χ0n) is 26.1. The van der Waals surface area contributed by atoms with E-state index in [9.17, 15) is 19.2 Å². The first-order valence-electron chi connectivity index (χ1n) is 15.0. The fourth-order valence-corrected chi connectivity index (χ4v) is 7.14. The van der Waals surface area contributed by atoms with Crippen LogP contribution in [0, 0.1) is 6.92 Å². The fraction of sp³-hybridized carbons (Fsp3) is 0.484. The first-order chi connectivity index (χ1) is 21.7. The number of benzene rings is 1. The summed E-state index contributed by atoms with van der Waals surface area (Å²) in [6, 6.07) is 7.04. The highest BCUT2D eigenvalue weighted by Crippen LogP contribution is 2.37. The average Bonchev–Trinajstić information content (AvgIpc) is 3.60. The smallest absolute Gasteiger partial charge is 0.348 e. The Labute approximate surface area is 270 Å². The molecule has 1 aliphatic rings. The van der Waals surface area contributed by atoms with Gasteiger partial charge in [-0.25, -0.2) is 9.59 Å². The molecule has 14 heteroatoms. The summed E-state index contributed by atoms with van der Waals surface area (Å²) in [6.07, 6.45) is 5.16. The van der Waals surface area contributed by atoms with Crippen LogP contribution >= 0.6 is 23.1 Å². The van der Waals surface area contributed by atoms with Crippen LogP contribution in [0.15, 0.2) is 29.4 Å². The van der Waals surface area contributed by atoms with Crippen molar-refractivity contribution >= 4 is 51.9 Å². The summed E-state index contributed by atoms with van der Waals surface area (Å²) in [5, 5.41) is 14.7. The lowest BCUT2D eigenvalue weighted by Crippen LogP contribution is -2.27. The number of amides is 2. The van der Waals surface area contributed by atoms with E-state index in [1.807, 2.05) is 4.57 Å². The Morgan fingerprint density at radius 1 is 1.07 bits per heavy atom. The number of methoxy groups -OCH3 is 1. The minimum Gasteiger partial charge on any atom is -0.497 e. The van der Waals surface area contributed by atoms with E-state index >= 15 is 0 Å². The monoisotopic (exact) mass is 657 g/mol. The van der Waals surface area contributed by atoms with Crippen LogP contribution in [0.2, 0.25) is 0 Å². The van der Waals surface area contributed by atoms with E-state index < -0.39 is 17.2 Å². The van der Waals surface area contributed by atoms with E-state index in [-0.39, 0.29) is 53.1 Å². The highest BCUT2D eigenvalue weighted by atomic mass is 32.2. The number of nitrogens with one attached hydrogen (secondary N) is 2. The van der Waals surface area contributed by atoms with Crippen molar-refractivity contribution in [2.45, 2.75) is 82.8 Å². The van der Waals surface area contributed by atoms with Gasteiger partial charge in [-0.1, -0.05) is 37.1 Å². The lowest BCUT2D eigenvalue weighted by atomic mass is 9.95. The number of hydrogen-bond donors (Lipinski definition) is 2. The highest BCUT2D eigenvalue weighted by Gasteiger charge is 2.30. The van der Waals surface area contributed by atoms with Crippen molar-refractivity contribution in [3.63, 3.8) is 0 Å². The van der Waals surface area contributed by atoms with Gasteiger partial charge >= 0.3 is 11.9 Å². The molecule has 1 aromatic carbocycles. The molecule has 2 aromatic heterocycles. The standard InChI is InChI=1S/C31H39N5O7S2/c1-6-42-29(39)24-18(3)25(30(40)43-7-2)45-28(24)33-26(37)19(4)44-31-35-34-23(36(31)21-13-9-8-10-14-21)17-32-27(38)20-12-11-15-22(16-20)41-5/h11-12,15-16,19,21H,6-10,13-14,17H2,1-5H3,(H,32,38)(H,33,37)/t19-/m0/s1. The predicted molar refractivity (Wildman–Crippen MR) is 171 cm³/mol. The molecule has 1 saturated carbocycles. The number of hydrogen-bond acceptors (Lipinski definition) is 11. The molecule has 4 rings (SSSR count). The SMILES string of the molecule is CCOC(=O)c1sc(NC(=O)[C@H](C)Sc2nnc(CNC(=O)c3cccc(OC)c3)n2C2CCCCC2)c(C(=O)OCC)c1C. The van der Waals surface area contributed by atoms with Crippen LogP contribution in [0.25, 0.3) is 0 Å². The third-order valence-corrected chi connectivity index (χ3v) is 9.63. The second-order valence-corrected chi connectivity index (χ2v) is 12.8. The zero-order valence-corrected chi connectivity index (χ0v) is 27.8. The molecule has 0 unspecified atom stereocenters. The molecular formula is C31H39N5O7S2. The summed E-state index contributed by atoms with van der Waals surface area (Å²) >= 11 is 2.22. The van der Waals surface area contributed by atoms with Crippen LogP contribution in [0.1, 0.15) is 101 Å². The number of thiophene rings is 1. The van der Waals surface area contributed by atoms with Crippen LogP contribution in [0.5, 0.6) is 5.75 Å². The molecule has 3 aromatic rings. The quantitative estimate of drug-likeness (QED) is 0.177. The molecule has 2 amide bonds. The van der Waals surface area contributed by atoms with Gasteiger partial charge < -0.3 is 29.4 Å². The van der Waals surface area contributed by atoms with Crippen molar-refractivity contribution in [1.29, 1.82) is 0 Å². The van der Waals surface area contributed by atoms with Gasteiger partial charge in [-0.2, -0.15) is 0 Å². The van der Waals surface area contributed by atoms with E-state index in [4.69, 9.17) is 14.2 Å². The number of ether oxygens (including phenoxy) is 3. The van der Waals surface area contributed by atoms with E-state index in [0.717, 1.165) is 43.4 Å². The van der Waals surface area contributed by atoms with Gasteiger partial charge in [0.15, 0.2) is 11.0 Å². The summed E-state index contributed by atoms with van der Waals surface area (Å²) in [7, 11) is 1.55. The van der Waals surface area contributed by atoms with Gasteiger partial charge in [0.05, 0.1) is 37.7 Å². The Morgan fingerprint density at radius 2 is 1.78 bits per heavy atom. The van der Waals surface area contributed by atoms with Crippen LogP contribution in [0.4, 0.5) is 5.00 Å². The van der Waals surface area contributed by atoms with E-state index in [1.54, 1.807) is 59.1 Å². The number of aromatic nitrogens is 3. The normalized spacial score (nSPS) is 14.0. The van der Waals surface area contributed by atoms with Gasteiger partial charge in [0.2, 0.25) is 5.91 Å². The van der Waals surface area contributed by atoms with E-state index in [0.29, 0.717) is 27.9 Å². The van der Waals surface area contributed by atoms with Crippen LogP contribution in [-0.4, -0.2) is 64.1 Å². The Balaban J connectivity index is 1.53. The molecule has 0 bridgehead atoms. The fourth-order valence-electron chi connectivity index (χ4n) is 5.11. The van der Waals surface area contributed by atoms with Crippen LogP contribution < -0.4 is 15.4 Å². The Kier molecular flexibility index (Phi) is 12.0. The maximum atomic E-state index is 13.5. The van der Waals surface area contributed by atoms with Gasteiger partial charge in [0.1, 0.15) is 15.6 Å². The van der Waals surface area contributed by atoms with Crippen LogP contribution in [-0.2, 0) is 20.8 Å². The van der Waals surface area contributed by atoms with Gasteiger partial charge in [-0.05, 0) is 64.3 Å². The second-order valence-electron chi connectivity index (χ2n) is 10.4. The summed E-state index contributed by atoms with van der Waals surface area (Å²) in [6.45, 7) is 7.22. The Morgan fingerprint density at radius 3 is 2.47 bits per heavy atom. The number of carbonyl (C=O) groups excluding carboxylic acids is 4. The summed E-state index contributed by atoms with van der Waals surface area (Å²) in [5.74, 6) is -0.655. The molecule has 1 fully saturated rings. The van der Waals surface area contributed by atoms with Gasteiger partial charge in [0.25, 0.3) is 5.91 Å². The second kappa shape index (κ2) is 15.9. The molecule has 0 spiro atoms. The Hall–Kier alpha value is -3.91. The zero-order chi connectivity index (χ0) is 32.5. The third kappa shape index (κ3) is 8.23. The molecule has 1 aliphatic carbocycles. The van der Waals surface area contributed by atoms with Crippen LogP contribution in [0.3, 0.4) is 0 Å². The molecular weight excluding hydrogens is 619 g/mol. The molecule has 2 heterocycles. The molecule has 45 heavy (non-hydrogen) atoms. The van der Waals surface area contributed by atoms with Crippen molar-refractivity contribution in [3.8, 4) is 5.75 Å². The third-order valence-electron chi connectivity index (χ3n) is 7.39. The molecule has 0 radical (unpaired) electrons. The largest absolute Gasteiger partial charge is 0.497 e. The van der Waals surface area contributed by atoms with Crippen molar-refractivity contribution in [2.24, 2.45) is 0 Å². The minimum atomic E-state index is -0.640. The van der Waals surface area contributed by atoms with Gasteiger partial charge in [-0.3, -0.25) is 9.59 Å². The van der Waals surface area contributed by atoms with Gasteiger partial charge in [-0.15, -0.1) is 21.5 Å². The van der Waals surface area contributed by atoms with Crippen molar-refractivity contribution in [1.82, 2.24) is 20.1 Å². The van der Waals surface area contributed by atoms with E-state index in [2.05, 4.69) is 20.8 Å². The lowest BCUT2D eigenvalue weighted by molar-refractivity contribution is -0.115. The van der Waals surface area contributed by atoms with Crippen molar-refractivity contribution in [2.75, 3.05) is 25.6 Å². The Bertz CT molecular complexity index is 1530. The minimum absolute atomic E-state index is 0.134.